The second-order valence-corrected chi connectivity index (χ2v) is 7.67. The smallest absolute Gasteiger partial charge is 0.344 e. The van der Waals surface area contributed by atoms with E-state index in [0.29, 0.717) is 11.3 Å². The Morgan fingerprint density at radius 3 is 2.62 bits per heavy atom. The number of nitrogens with zero attached hydrogens (tertiary/aromatic N) is 1. The van der Waals surface area contributed by atoms with E-state index in [0.717, 1.165) is 48.5 Å². The lowest BCUT2D eigenvalue weighted by Crippen LogP contribution is -2.20. The highest BCUT2D eigenvalue weighted by Crippen LogP contribution is 2.21. The molecule has 156 valence electrons. The van der Waals surface area contributed by atoms with Gasteiger partial charge in [0.1, 0.15) is 5.75 Å². The van der Waals surface area contributed by atoms with Crippen LogP contribution < -0.4 is 4.74 Å². The SMILES string of the molecule is Cc1ccc(OCC(=O)OCC(=O)c2cc(C)n(C[C@@H]3CCCO3)c2C)c(C)c1. The molecule has 1 saturated heterocycles. The molecule has 1 aromatic heterocycles. The first-order valence-electron chi connectivity index (χ1n) is 10.0. The molecule has 29 heavy (non-hydrogen) atoms. The van der Waals surface area contributed by atoms with Gasteiger partial charge in [0.2, 0.25) is 5.78 Å². The lowest BCUT2D eigenvalue weighted by Gasteiger charge is -2.14. The molecule has 6 nitrogen and oxygen atoms in total. The van der Waals surface area contributed by atoms with Gasteiger partial charge in [-0.25, -0.2) is 4.79 Å². The van der Waals surface area contributed by atoms with Gasteiger partial charge in [0.15, 0.2) is 13.2 Å². The maximum Gasteiger partial charge on any atom is 0.344 e. The summed E-state index contributed by atoms with van der Waals surface area (Å²) in [6.45, 7) is 8.83. The molecular weight excluding hydrogens is 370 g/mol. The Balaban J connectivity index is 1.52. The van der Waals surface area contributed by atoms with Crippen LogP contribution in [-0.2, 0) is 20.8 Å². The molecule has 0 saturated carbocycles. The van der Waals surface area contributed by atoms with Crippen molar-refractivity contribution in [1.29, 1.82) is 0 Å². The van der Waals surface area contributed by atoms with Crippen molar-refractivity contribution in [2.24, 2.45) is 0 Å². The van der Waals surface area contributed by atoms with Crippen LogP contribution in [0.4, 0.5) is 0 Å². The van der Waals surface area contributed by atoms with E-state index in [-0.39, 0.29) is 25.1 Å². The van der Waals surface area contributed by atoms with Gasteiger partial charge in [-0.15, -0.1) is 0 Å². The van der Waals surface area contributed by atoms with Crippen LogP contribution >= 0.6 is 0 Å². The van der Waals surface area contributed by atoms with Crippen molar-refractivity contribution < 1.29 is 23.8 Å². The third kappa shape index (κ3) is 5.26. The molecule has 1 aromatic carbocycles. The largest absolute Gasteiger partial charge is 0.482 e. The second kappa shape index (κ2) is 9.27. The van der Waals surface area contributed by atoms with Crippen LogP contribution in [0, 0.1) is 27.7 Å². The normalized spacial score (nSPS) is 16.1. The van der Waals surface area contributed by atoms with Gasteiger partial charge >= 0.3 is 5.97 Å². The van der Waals surface area contributed by atoms with Gasteiger partial charge in [-0.3, -0.25) is 4.79 Å². The Morgan fingerprint density at radius 1 is 1.14 bits per heavy atom. The van der Waals surface area contributed by atoms with Crippen LogP contribution in [0.3, 0.4) is 0 Å². The quantitative estimate of drug-likeness (QED) is 0.500. The summed E-state index contributed by atoms with van der Waals surface area (Å²) in [4.78, 5) is 24.6. The summed E-state index contributed by atoms with van der Waals surface area (Å²) >= 11 is 0. The van der Waals surface area contributed by atoms with E-state index >= 15 is 0 Å². The maximum atomic E-state index is 12.6. The van der Waals surface area contributed by atoms with Crippen LogP contribution in [-0.4, -0.2) is 42.2 Å². The van der Waals surface area contributed by atoms with Crippen LogP contribution in [0.1, 0.15) is 45.7 Å². The Labute approximate surface area is 171 Å². The fraction of sp³-hybridized carbons (Fsp3) is 0.478. The minimum atomic E-state index is -0.563. The van der Waals surface area contributed by atoms with Crippen molar-refractivity contribution >= 4 is 11.8 Å². The minimum Gasteiger partial charge on any atom is -0.482 e. The summed E-state index contributed by atoms with van der Waals surface area (Å²) < 4.78 is 18.5. The molecule has 0 radical (unpaired) electrons. The van der Waals surface area contributed by atoms with Gasteiger partial charge in [0.25, 0.3) is 0 Å². The van der Waals surface area contributed by atoms with Gasteiger partial charge in [-0.1, -0.05) is 17.7 Å². The summed E-state index contributed by atoms with van der Waals surface area (Å²) in [5, 5.41) is 0. The molecule has 1 aliphatic rings. The third-order valence-electron chi connectivity index (χ3n) is 5.32. The zero-order valence-corrected chi connectivity index (χ0v) is 17.6. The molecule has 6 heteroatoms. The second-order valence-electron chi connectivity index (χ2n) is 7.67. The number of Topliss-reactive ketones (excluding diaryl/α,β-unsaturated/α-hetero) is 1. The zero-order valence-electron chi connectivity index (χ0n) is 17.6. The highest BCUT2D eigenvalue weighted by molar-refractivity contribution is 5.99. The summed E-state index contributed by atoms with van der Waals surface area (Å²) in [5.41, 5.74) is 4.55. The van der Waals surface area contributed by atoms with E-state index in [1.165, 1.54) is 0 Å². The van der Waals surface area contributed by atoms with Gasteiger partial charge in [-0.2, -0.15) is 0 Å². The van der Waals surface area contributed by atoms with Crippen molar-refractivity contribution in [2.45, 2.75) is 53.2 Å². The fourth-order valence-corrected chi connectivity index (χ4v) is 3.72. The molecule has 0 N–H and O–H groups in total. The summed E-state index contributed by atoms with van der Waals surface area (Å²) in [6, 6.07) is 7.58. The van der Waals surface area contributed by atoms with Gasteiger partial charge in [0.05, 0.1) is 6.10 Å². The first-order chi connectivity index (χ1) is 13.8. The van der Waals surface area contributed by atoms with Gasteiger partial charge < -0.3 is 18.8 Å². The minimum absolute atomic E-state index is 0.197. The molecule has 1 aliphatic heterocycles. The molecular formula is C23H29NO5. The summed E-state index contributed by atoms with van der Waals surface area (Å²) in [5.74, 6) is -0.139. The summed E-state index contributed by atoms with van der Waals surface area (Å²) in [6.07, 6.45) is 2.32. The molecule has 0 spiro atoms. The monoisotopic (exact) mass is 399 g/mol. The number of ketones is 1. The molecule has 0 bridgehead atoms. The molecule has 0 amide bonds. The Bertz CT molecular complexity index is 893. The van der Waals surface area contributed by atoms with E-state index in [1.54, 1.807) is 0 Å². The topological polar surface area (TPSA) is 66.8 Å². The molecule has 1 atom stereocenters. The lowest BCUT2D eigenvalue weighted by atomic mass is 10.1. The predicted molar refractivity (Wildman–Crippen MR) is 110 cm³/mol. The van der Waals surface area contributed by atoms with Crippen molar-refractivity contribution in [1.82, 2.24) is 4.57 Å². The highest BCUT2D eigenvalue weighted by atomic mass is 16.6. The fourth-order valence-electron chi connectivity index (χ4n) is 3.72. The molecule has 3 rings (SSSR count). The Kier molecular flexibility index (Phi) is 6.75. The molecule has 0 unspecified atom stereocenters. The average molecular weight is 399 g/mol. The molecule has 2 heterocycles. The van der Waals surface area contributed by atoms with Crippen molar-refractivity contribution in [3.63, 3.8) is 0 Å². The molecule has 0 aliphatic carbocycles. The van der Waals surface area contributed by atoms with Crippen LogP contribution in [0.15, 0.2) is 24.3 Å². The number of benzene rings is 1. The van der Waals surface area contributed by atoms with Crippen LogP contribution in [0.2, 0.25) is 0 Å². The standard InChI is InChI=1S/C23H29NO5/c1-15-7-8-22(16(2)10-15)28-14-23(26)29-13-21(25)20-11-17(3)24(18(20)4)12-19-6-5-9-27-19/h7-8,10-11,19H,5-6,9,12-14H2,1-4H3/t19-/m0/s1. The molecule has 1 fully saturated rings. The van der Waals surface area contributed by atoms with Crippen molar-refractivity contribution in [3.05, 3.63) is 52.3 Å². The molecule has 2 aromatic rings. The average Bonchev–Trinajstić information content (AvgIpc) is 3.29. The lowest BCUT2D eigenvalue weighted by molar-refractivity contribution is -0.144. The Hall–Kier alpha value is -2.60. The third-order valence-corrected chi connectivity index (χ3v) is 5.32. The van der Waals surface area contributed by atoms with Gasteiger partial charge in [0, 0.05) is 30.1 Å². The van der Waals surface area contributed by atoms with Crippen molar-refractivity contribution in [2.75, 3.05) is 19.8 Å². The number of esters is 1. The maximum absolute atomic E-state index is 12.6. The first kappa shape index (κ1) is 21.1. The first-order valence-corrected chi connectivity index (χ1v) is 10.0. The van der Waals surface area contributed by atoms with E-state index in [9.17, 15) is 9.59 Å². The number of rotatable bonds is 8. The zero-order chi connectivity index (χ0) is 21.0. The van der Waals surface area contributed by atoms with E-state index in [1.807, 2.05) is 52.0 Å². The van der Waals surface area contributed by atoms with E-state index in [2.05, 4.69) is 4.57 Å². The number of aryl methyl sites for hydroxylation is 3. The predicted octanol–water partition coefficient (Wildman–Crippen LogP) is 3.71. The number of carbonyl (C=O) groups excluding carboxylic acids is 2. The summed E-state index contributed by atoms with van der Waals surface area (Å²) in [7, 11) is 0. The number of hydrogen-bond acceptors (Lipinski definition) is 5. The van der Waals surface area contributed by atoms with E-state index in [4.69, 9.17) is 14.2 Å². The Morgan fingerprint density at radius 2 is 1.93 bits per heavy atom. The number of ether oxygens (including phenoxy) is 3. The van der Waals surface area contributed by atoms with Crippen LogP contribution in [0.5, 0.6) is 5.75 Å². The number of hydrogen-bond donors (Lipinski definition) is 0. The van der Waals surface area contributed by atoms with Gasteiger partial charge in [-0.05, 0) is 58.2 Å². The van der Waals surface area contributed by atoms with Crippen LogP contribution in [0.25, 0.3) is 0 Å². The van der Waals surface area contributed by atoms with E-state index < -0.39 is 5.97 Å². The van der Waals surface area contributed by atoms with Crippen molar-refractivity contribution in [3.8, 4) is 5.75 Å². The number of aromatic nitrogens is 1. The number of carbonyl (C=O) groups is 2. The highest BCUT2D eigenvalue weighted by Gasteiger charge is 2.21.